The maximum atomic E-state index is 11.7. The zero-order chi connectivity index (χ0) is 15.9. The van der Waals surface area contributed by atoms with E-state index in [-0.39, 0.29) is 11.3 Å². The lowest BCUT2D eigenvalue weighted by Gasteiger charge is -2.07. The number of carbonyl (C=O) groups excluding carboxylic acids is 2. The quantitative estimate of drug-likeness (QED) is 0.841. The van der Waals surface area contributed by atoms with Crippen LogP contribution in [-0.2, 0) is 9.53 Å². The van der Waals surface area contributed by atoms with Crippen molar-refractivity contribution < 1.29 is 19.4 Å². The van der Waals surface area contributed by atoms with Gasteiger partial charge in [0.2, 0.25) is 0 Å². The van der Waals surface area contributed by atoms with Crippen LogP contribution in [0.4, 0.5) is 5.69 Å². The lowest BCUT2D eigenvalue weighted by molar-refractivity contribution is -0.119. The summed E-state index contributed by atoms with van der Waals surface area (Å²) in [5, 5.41) is 20.5. The monoisotopic (exact) mass is 296 g/mol. The maximum absolute atomic E-state index is 11.7. The minimum Gasteiger partial charge on any atom is -0.508 e. The molecular formula is C16H12N2O4. The van der Waals surface area contributed by atoms with Gasteiger partial charge in [0.05, 0.1) is 16.8 Å². The average molecular weight is 296 g/mol. The Morgan fingerprint density at radius 3 is 2.50 bits per heavy atom. The van der Waals surface area contributed by atoms with Crippen molar-refractivity contribution in [1.29, 1.82) is 5.26 Å². The second-order valence-electron chi connectivity index (χ2n) is 4.33. The number of nitrogens with one attached hydrogen (secondary N) is 1. The summed E-state index contributed by atoms with van der Waals surface area (Å²) in [5.74, 6) is -1.19. The smallest absolute Gasteiger partial charge is 0.338 e. The van der Waals surface area contributed by atoms with Gasteiger partial charge in [-0.05, 0) is 36.4 Å². The number of ether oxygens (including phenoxy) is 1. The van der Waals surface area contributed by atoms with Crippen molar-refractivity contribution in [3.63, 3.8) is 0 Å². The molecule has 0 heterocycles. The Kier molecular flexibility index (Phi) is 4.73. The minimum absolute atomic E-state index is 0.0300. The molecule has 0 aliphatic rings. The zero-order valence-electron chi connectivity index (χ0n) is 11.4. The fourth-order valence-corrected chi connectivity index (χ4v) is 1.69. The van der Waals surface area contributed by atoms with Crippen LogP contribution < -0.4 is 5.32 Å². The molecule has 0 aliphatic carbocycles. The Hall–Kier alpha value is -3.33. The Morgan fingerprint density at radius 2 is 1.82 bits per heavy atom. The Balaban J connectivity index is 1.91. The van der Waals surface area contributed by atoms with E-state index in [0.29, 0.717) is 11.3 Å². The highest BCUT2D eigenvalue weighted by Crippen LogP contribution is 2.13. The van der Waals surface area contributed by atoms with Gasteiger partial charge in [0.1, 0.15) is 11.8 Å². The maximum Gasteiger partial charge on any atom is 0.338 e. The molecule has 0 saturated heterocycles. The summed E-state index contributed by atoms with van der Waals surface area (Å²) in [7, 11) is 0. The number of esters is 1. The van der Waals surface area contributed by atoms with E-state index < -0.39 is 18.5 Å². The molecule has 0 aliphatic heterocycles. The topological polar surface area (TPSA) is 99.4 Å². The molecule has 1 amide bonds. The van der Waals surface area contributed by atoms with Crippen molar-refractivity contribution in [2.24, 2.45) is 0 Å². The molecule has 0 bridgehead atoms. The number of para-hydroxylation sites is 1. The molecule has 110 valence electrons. The highest BCUT2D eigenvalue weighted by Gasteiger charge is 2.11. The van der Waals surface area contributed by atoms with Gasteiger partial charge in [0.25, 0.3) is 5.91 Å². The predicted molar refractivity (Wildman–Crippen MR) is 78.2 cm³/mol. The van der Waals surface area contributed by atoms with Crippen LogP contribution in [0.5, 0.6) is 5.75 Å². The number of anilines is 1. The third kappa shape index (κ3) is 3.84. The number of rotatable bonds is 4. The van der Waals surface area contributed by atoms with Crippen molar-refractivity contribution in [3.8, 4) is 11.8 Å². The molecule has 0 radical (unpaired) electrons. The first-order valence-corrected chi connectivity index (χ1v) is 6.35. The van der Waals surface area contributed by atoms with E-state index >= 15 is 0 Å². The van der Waals surface area contributed by atoms with E-state index in [1.165, 1.54) is 24.3 Å². The van der Waals surface area contributed by atoms with Gasteiger partial charge < -0.3 is 15.2 Å². The van der Waals surface area contributed by atoms with E-state index in [1.54, 1.807) is 24.3 Å². The molecule has 2 rings (SSSR count). The number of hydrogen-bond acceptors (Lipinski definition) is 5. The third-order valence-electron chi connectivity index (χ3n) is 2.76. The van der Waals surface area contributed by atoms with Gasteiger partial charge in [0, 0.05) is 0 Å². The van der Waals surface area contributed by atoms with Gasteiger partial charge in [0.15, 0.2) is 6.61 Å². The standard InChI is InChI=1S/C16H12N2O4/c17-9-12-3-1-2-4-14(12)18-15(20)10-22-16(21)11-5-7-13(19)8-6-11/h1-8,19H,10H2,(H,18,20). The summed E-state index contributed by atoms with van der Waals surface area (Å²) in [6.45, 7) is -0.473. The number of nitrogens with zero attached hydrogens (tertiary/aromatic N) is 1. The van der Waals surface area contributed by atoms with Gasteiger partial charge in [-0.25, -0.2) is 4.79 Å². The van der Waals surface area contributed by atoms with E-state index in [2.05, 4.69) is 5.32 Å². The summed E-state index contributed by atoms with van der Waals surface area (Å²) in [4.78, 5) is 23.4. The summed E-state index contributed by atoms with van der Waals surface area (Å²) in [6.07, 6.45) is 0. The molecule has 6 nitrogen and oxygen atoms in total. The third-order valence-corrected chi connectivity index (χ3v) is 2.76. The highest BCUT2D eigenvalue weighted by atomic mass is 16.5. The molecule has 0 saturated carbocycles. The number of phenolic OH excluding ortho intramolecular Hbond substituents is 1. The number of amides is 1. The van der Waals surface area contributed by atoms with Crippen LogP contribution in [0, 0.1) is 11.3 Å². The summed E-state index contributed by atoms with van der Waals surface area (Å²) in [6, 6.07) is 13.9. The normalized spacial score (nSPS) is 9.59. The molecule has 2 aromatic carbocycles. The number of hydrogen-bond donors (Lipinski definition) is 2. The Morgan fingerprint density at radius 1 is 1.14 bits per heavy atom. The zero-order valence-corrected chi connectivity index (χ0v) is 11.4. The molecule has 0 atom stereocenters. The molecule has 6 heteroatoms. The van der Waals surface area contributed by atoms with Crippen LogP contribution >= 0.6 is 0 Å². The van der Waals surface area contributed by atoms with Crippen LogP contribution in [0.3, 0.4) is 0 Å². The Labute approximate surface area is 126 Å². The molecule has 0 aromatic heterocycles. The lowest BCUT2D eigenvalue weighted by Crippen LogP contribution is -2.21. The van der Waals surface area contributed by atoms with Gasteiger partial charge in [-0.15, -0.1) is 0 Å². The average Bonchev–Trinajstić information content (AvgIpc) is 2.54. The van der Waals surface area contributed by atoms with Crippen molar-refractivity contribution in [3.05, 3.63) is 59.7 Å². The molecule has 0 unspecified atom stereocenters. The first-order chi connectivity index (χ1) is 10.6. The molecular weight excluding hydrogens is 284 g/mol. The fourth-order valence-electron chi connectivity index (χ4n) is 1.69. The van der Waals surface area contributed by atoms with Gasteiger partial charge in [-0.1, -0.05) is 12.1 Å². The van der Waals surface area contributed by atoms with Crippen LogP contribution in [0.25, 0.3) is 0 Å². The number of benzene rings is 2. The fraction of sp³-hybridized carbons (Fsp3) is 0.0625. The van der Waals surface area contributed by atoms with Crippen molar-refractivity contribution >= 4 is 17.6 Å². The number of aromatic hydroxyl groups is 1. The van der Waals surface area contributed by atoms with Crippen molar-refractivity contribution in [2.75, 3.05) is 11.9 Å². The summed E-state index contributed by atoms with van der Waals surface area (Å²) < 4.78 is 4.86. The summed E-state index contributed by atoms with van der Waals surface area (Å²) in [5.41, 5.74) is 0.902. The van der Waals surface area contributed by atoms with E-state index in [0.717, 1.165) is 0 Å². The molecule has 2 aromatic rings. The van der Waals surface area contributed by atoms with E-state index in [9.17, 15) is 9.59 Å². The molecule has 0 spiro atoms. The van der Waals surface area contributed by atoms with Gasteiger partial charge >= 0.3 is 5.97 Å². The minimum atomic E-state index is -0.677. The number of nitriles is 1. The van der Waals surface area contributed by atoms with Crippen LogP contribution in [0.1, 0.15) is 15.9 Å². The second-order valence-corrected chi connectivity index (χ2v) is 4.33. The molecule has 22 heavy (non-hydrogen) atoms. The van der Waals surface area contributed by atoms with Crippen LogP contribution in [0.2, 0.25) is 0 Å². The lowest BCUT2D eigenvalue weighted by atomic mass is 10.2. The van der Waals surface area contributed by atoms with Crippen molar-refractivity contribution in [1.82, 2.24) is 0 Å². The SMILES string of the molecule is N#Cc1ccccc1NC(=O)COC(=O)c1ccc(O)cc1. The Bertz CT molecular complexity index is 733. The second kappa shape index (κ2) is 6.90. The number of phenols is 1. The first-order valence-electron chi connectivity index (χ1n) is 6.35. The van der Waals surface area contributed by atoms with Gasteiger partial charge in [-0.2, -0.15) is 5.26 Å². The summed E-state index contributed by atoms with van der Waals surface area (Å²) >= 11 is 0. The highest BCUT2D eigenvalue weighted by molar-refractivity contribution is 5.96. The van der Waals surface area contributed by atoms with E-state index in [1.807, 2.05) is 6.07 Å². The van der Waals surface area contributed by atoms with Crippen molar-refractivity contribution in [2.45, 2.75) is 0 Å². The van der Waals surface area contributed by atoms with E-state index in [4.69, 9.17) is 15.1 Å². The largest absolute Gasteiger partial charge is 0.508 e. The molecule has 2 N–H and O–H groups in total. The number of carbonyl (C=O) groups is 2. The van der Waals surface area contributed by atoms with Gasteiger partial charge in [-0.3, -0.25) is 4.79 Å². The predicted octanol–water partition coefficient (Wildman–Crippen LogP) is 2.06. The molecule has 0 fully saturated rings. The van der Waals surface area contributed by atoms with Crippen LogP contribution in [0.15, 0.2) is 48.5 Å². The first kappa shape index (κ1) is 15.1. The van der Waals surface area contributed by atoms with Crippen LogP contribution in [-0.4, -0.2) is 23.6 Å².